The van der Waals surface area contributed by atoms with Gasteiger partial charge in [0.2, 0.25) is 11.7 Å². The Morgan fingerprint density at radius 3 is 2.56 bits per heavy atom. The molecule has 0 bridgehead atoms. The molecule has 4 rings (SSSR count). The Kier molecular flexibility index (Phi) is 5.63. The lowest BCUT2D eigenvalue weighted by molar-refractivity contribution is -0.174. The molecule has 3 aliphatic carbocycles. The van der Waals surface area contributed by atoms with Gasteiger partial charge < -0.3 is 26.2 Å². The summed E-state index contributed by atoms with van der Waals surface area (Å²) in [6.45, 7) is 2.10. The molecule has 2 saturated carbocycles. The molecule has 5 atom stereocenters. The number of amides is 1. The first-order chi connectivity index (χ1) is 15.1. The van der Waals surface area contributed by atoms with Gasteiger partial charge in [-0.15, -0.1) is 0 Å². The quantitative estimate of drug-likeness (QED) is 0.339. The standard InChI is InChI=1S/C24H29NO7/c1-2-3-4-5-11-6-7-15(26)18-14(11)9-12-8-13-10-16(27)19(23(25)31)22(30)24(13,32)21(29)17(12)20(18)28/h6-7,12-13,16,19,26-28,32H,2-5,8-10H2,1H3,(H2,25,31)/t12-,13+,16?,19?,24+/m1/s1. The van der Waals surface area contributed by atoms with Gasteiger partial charge in [0, 0.05) is 11.5 Å². The maximum Gasteiger partial charge on any atom is 0.230 e. The van der Waals surface area contributed by atoms with E-state index in [-0.39, 0.29) is 29.7 Å². The van der Waals surface area contributed by atoms with Crippen LogP contribution in [-0.4, -0.2) is 49.6 Å². The van der Waals surface area contributed by atoms with Crippen LogP contribution in [0.1, 0.15) is 55.7 Å². The smallest absolute Gasteiger partial charge is 0.230 e. The van der Waals surface area contributed by atoms with Crippen molar-refractivity contribution in [1.29, 1.82) is 0 Å². The van der Waals surface area contributed by atoms with E-state index in [0.29, 0.717) is 6.42 Å². The summed E-state index contributed by atoms with van der Waals surface area (Å²) in [4.78, 5) is 38.1. The van der Waals surface area contributed by atoms with Gasteiger partial charge >= 0.3 is 0 Å². The van der Waals surface area contributed by atoms with Crippen LogP contribution in [0.5, 0.6) is 5.75 Å². The van der Waals surface area contributed by atoms with Crippen molar-refractivity contribution in [2.45, 2.75) is 63.6 Å². The number of carbonyl (C=O) groups excluding carboxylic acids is 3. The molecule has 1 aromatic rings. The van der Waals surface area contributed by atoms with Crippen LogP contribution in [0.3, 0.4) is 0 Å². The zero-order chi connectivity index (χ0) is 23.4. The van der Waals surface area contributed by atoms with Crippen molar-refractivity contribution in [1.82, 2.24) is 0 Å². The van der Waals surface area contributed by atoms with Gasteiger partial charge in [0.05, 0.1) is 11.7 Å². The predicted octanol–water partition coefficient (Wildman–Crippen LogP) is 1.32. The van der Waals surface area contributed by atoms with Crippen LogP contribution in [0, 0.1) is 17.8 Å². The molecule has 8 nitrogen and oxygen atoms in total. The van der Waals surface area contributed by atoms with Crippen molar-refractivity contribution < 1.29 is 34.8 Å². The van der Waals surface area contributed by atoms with Crippen LogP contribution in [0.2, 0.25) is 0 Å². The van der Waals surface area contributed by atoms with Gasteiger partial charge in [-0.25, -0.2) is 0 Å². The molecule has 0 aromatic heterocycles. The van der Waals surface area contributed by atoms with Gasteiger partial charge in [-0.05, 0) is 55.2 Å². The van der Waals surface area contributed by atoms with Crippen molar-refractivity contribution in [3.63, 3.8) is 0 Å². The minimum atomic E-state index is -2.54. The first kappa shape index (κ1) is 22.5. The second kappa shape index (κ2) is 8.01. The summed E-state index contributed by atoms with van der Waals surface area (Å²) in [6.07, 6.45) is 2.86. The molecule has 32 heavy (non-hydrogen) atoms. The number of hydrogen-bond acceptors (Lipinski definition) is 7. The largest absolute Gasteiger partial charge is 0.507 e. The Balaban J connectivity index is 1.80. The number of fused-ring (bicyclic) bond motifs is 3. The Bertz CT molecular complexity index is 1030. The Morgan fingerprint density at radius 2 is 1.91 bits per heavy atom. The molecule has 0 heterocycles. The average Bonchev–Trinajstić information content (AvgIpc) is 2.72. The van der Waals surface area contributed by atoms with Crippen molar-refractivity contribution >= 4 is 23.2 Å². The molecule has 0 aliphatic heterocycles. The molecule has 3 aliphatic rings. The third kappa shape index (κ3) is 3.16. The maximum atomic E-state index is 13.4. The number of rotatable bonds is 5. The van der Waals surface area contributed by atoms with Gasteiger partial charge in [0.15, 0.2) is 11.4 Å². The SMILES string of the molecule is CCCCCc1ccc(O)c2c1C[C@H]1C[C@H]3CC(O)C(C(N)=O)C(=O)[C@@]3(O)C(=O)C1=C2O. The van der Waals surface area contributed by atoms with Crippen molar-refractivity contribution in [2.24, 2.45) is 23.5 Å². The summed E-state index contributed by atoms with van der Waals surface area (Å²) in [5, 5.41) is 43.1. The van der Waals surface area contributed by atoms with Crippen LogP contribution >= 0.6 is 0 Å². The topological polar surface area (TPSA) is 158 Å². The van der Waals surface area contributed by atoms with E-state index in [1.54, 1.807) is 0 Å². The number of nitrogens with two attached hydrogens (primary N) is 1. The molecule has 172 valence electrons. The number of phenolic OH excluding ortho intramolecular Hbond substituents is 1. The highest BCUT2D eigenvalue weighted by molar-refractivity contribution is 6.24. The van der Waals surface area contributed by atoms with Gasteiger partial charge in [-0.3, -0.25) is 14.4 Å². The van der Waals surface area contributed by atoms with E-state index in [4.69, 9.17) is 5.73 Å². The molecule has 6 N–H and O–H groups in total. The van der Waals surface area contributed by atoms with Crippen LogP contribution < -0.4 is 5.73 Å². The highest BCUT2D eigenvalue weighted by Gasteiger charge is 2.63. The number of aromatic hydroxyl groups is 1. The van der Waals surface area contributed by atoms with Crippen molar-refractivity contribution in [3.05, 3.63) is 34.4 Å². The summed E-state index contributed by atoms with van der Waals surface area (Å²) in [5.41, 5.74) is 4.52. The number of Topliss-reactive ketones (excluding diaryl/α,β-unsaturated/α-hetero) is 2. The molecule has 1 aromatic carbocycles. The number of carbonyl (C=O) groups is 3. The summed E-state index contributed by atoms with van der Waals surface area (Å²) in [7, 11) is 0. The van der Waals surface area contributed by atoms with E-state index in [1.165, 1.54) is 6.07 Å². The number of benzene rings is 1. The van der Waals surface area contributed by atoms with Crippen molar-refractivity contribution in [3.8, 4) is 5.75 Å². The van der Waals surface area contributed by atoms with E-state index in [0.717, 1.165) is 36.8 Å². The van der Waals surface area contributed by atoms with Crippen LogP contribution in [-0.2, 0) is 27.2 Å². The number of aliphatic hydroxyl groups excluding tert-OH is 2. The summed E-state index contributed by atoms with van der Waals surface area (Å²) in [6, 6.07) is 3.31. The minimum Gasteiger partial charge on any atom is -0.507 e. The molecule has 1 amide bonds. The molecular formula is C24H29NO7. The molecule has 0 radical (unpaired) electrons. The summed E-state index contributed by atoms with van der Waals surface area (Å²) < 4.78 is 0. The van der Waals surface area contributed by atoms with Crippen molar-refractivity contribution in [2.75, 3.05) is 0 Å². The van der Waals surface area contributed by atoms with E-state index < -0.39 is 52.7 Å². The zero-order valence-electron chi connectivity index (χ0n) is 18.0. The second-order valence-corrected chi connectivity index (χ2v) is 9.29. The third-order valence-corrected chi connectivity index (χ3v) is 7.41. The van der Waals surface area contributed by atoms with Crippen LogP contribution in [0.15, 0.2) is 17.7 Å². The number of aryl methyl sites for hydroxylation is 1. The van der Waals surface area contributed by atoms with E-state index in [1.807, 2.05) is 6.07 Å². The number of phenols is 1. The van der Waals surface area contributed by atoms with Gasteiger partial charge in [0.1, 0.15) is 17.4 Å². The highest BCUT2D eigenvalue weighted by atomic mass is 16.3. The van der Waals surface area contributed by atoms with E-state index in [2.05, 4.69) is 6.92 Å². The van der Waals surface area contributed by atoms with Gasteiger partial charge in [-0.1, -0.05) is 25.8 Å². The number of aliphatic hydroxyl groups is 3. The fraction of sp³-hybridized carbons (Fsp3) is 0.542. The first-order valence-corrected chi connectivity index (χ1v) is 11.2. The third-order valence-electron chi connectivity index (χ3n) is 7.41. The maximum absolute atomic E-state index is 13.4. The molecule has 0 saturated heterocycles. The lowest BCUT2D eigenvalue weighted by Crippen LogP contribution is -2.66. The van der Waals surface area contributed by atoms with E-state index in [9.17, 15) is 34.8 Å². The number of unbranched alkanes of at least 4 members (excludes halogenated alkanes) is 2. The summed E-state index contributed by atoms with van der Waals surface area (Å²) >= 11 is 0. The zero-order valence-corrected chi connectivity index (χ0v) is 18.0. The molecule has 8 heteroatoms. The molecule has 0 spiro atoms. The first-order valence-electron chi connectivity index (χ1n) is 11.2. The van der Waals surface area contributed by atoms with Crippen LogP contribution in [0.25, 0.3) is 5.76 Å². The van der Waals surface area contributed by atoms with Crippen LogP contribution in [0.4, 0.5) is 0 Å². The Morgan fingerprint density at radius 1 is 1.19 bits per heavy atom. The summed E-state index contributed by atoms with van der Waals surface area (Å²) in [5.74, 6) is -6.86. The normalized spacial score (nSPS) is 31.7. The fourth-order valence-electron chi connectivity index (χ4n) is 5.79. The molecule has 2 fully saturated rings. The molecule has 2 unspecified atom stereocenters. The lowest BCUT2D eigenvalue weighted by atomic mass is 9.56. The Labute approximate surface area is 185 Å². The number of hydrogen-bond donors (Lipinski definition) is 5. The van der Waals surface area contributed by atoms with Gasteiger partial charge in [-0.2, -0.15) is 0 Å². The molecular weight excluding hydrogens is 414 g/mol. The lowest BCUT2D eigenvalue weighted by Gasteiger charge is -2.48. The second-order valence-electron chi connectivity index (χ2n) is 9.29. The van der Waals surface area contributed by atoms with Gasteiger partial charge in [0.25, 0.3) is 0 Å². The van der Waals surface area contributed by atoms with E-state index >= 15 is 0 Å². The number of ketones is 2. The number of primary amides is 1. The monoisotopic (exact) mass is 443 g/mol. The fourth-order valence-corrected chi connectivity index (χ4v) is 5.79. The minimum absolute atomic E-state index is 0.106. The average molecular weight is 443 g/mol. The Hall–Kier alpha value is -2.71. The predicted molar refractivity (Wildman–Crippen MR) is 114 cm³/mol. The highest BCUT2D eigenvalue weighted by Crippen LogP contribution is 2.51.